The van der Waals surface area contributed by atoms with Crippen LogP contribution in [0.2, 0.25) is 0 Å². The Morgan fingerprint density at radius 1 is 1.11 bits per heavy atom. The predicted molar refractivity (Wildman–Crippen MR) is 130 cm³/mol. The Balaban J connectivity index is 1.65. The van der Waals surface area contributed by atoms with Crippen molar-refractivity contribution in [3.8, 4) is 17.1 Å². The molecule has 0 saturated carbocycles. The van der Waals surface area contributed by atoms with Gasteiger partial charge in [0.1, 0.15) is 36.2 Å². The van der Waals surface area contributed by atoms with Crippen LogP contribution in [0, 0.1) is 11.3 Å². The van der Waals surface area contributed by atoms with Gasteiger partial charge in [-0.2, -0.15) is 13.2 Å². The van der Waals surface area contributed by atoms with Crippen LogP contribution < -0.4 is 16.2 Å². The zero-order chi connectivity index (χ0) is 26.7. The third-order valence-corrected chi connectivity index (χ3v) is 5.97. The lowest BCUT2D eigenvalue weighted by Crippen LogP contribution is -2.50. The number of nitrogens with zero attached hydrogens (tertiary/aromatic N) is 1. The molecule has 0 saturated heterocycles. The molecule has 0 aliphatic rings. The van der Waals surface area contributed by atoms with Gasteiger partial charge in [-0.25, -0.2) is 0 Å². The van der Waals surface area contributed by atoms with Gasteiger partial charge in [-0.1, -0.05) is 0 Å². The summed E-state index contributed by atoms with van der Waals surface area (Å²) in [4.78, 5) is 16.6. The molecular formula is C26H32F3N3O4. The fourth-order valence-corrected chi connectivity index (χ4v) is 3.52. The summed E-state index contributed by atoms with van der Waals surface area (Å²) in [6.45, 7) is 4.95. The highest BCUT2D eigenvalue weighted by atomic mass is 19.4. The van der Waals surface area contributed by atoms with Crippen LogP contribution in [0.1, 0.15) is 34.1 Å². The van der Waals surface area contributed by atoms with Gasteiger partial charge in [0.05, 0.1) is 5.41 Å². The van der Waals surface area contributed by atoms with Crippen LogP contribution in [-0.2, 0) is 9.53 Å². The van der Waals surface area contributed by atoms with Crippen LogP contribution in [0.5, 0.6) is 5.75 Å². The van der Waals surface area contributed by atoms with Crippen molar-refractivity contribution in [1.82, 2.24) is 4.98 Å². The molecule has 3 rings (SSSR count). The van der Waals surface area contributed by atoms with Crippen molar-refractivity contribution in [3.63, 3.8) is 0 Å². The van der Waals surface area contributed by atoms with E-state index in [4.69, 9.17) is 25.4 Å². The first-order valence-corrected chi connectivity index (χ1v) is 11.5. The van der Waals surface area contributed by atoms with Gasteiger partial charge < -0.3 is 25.4 Å². The topological polar surface area (TPSA) is 114 Å². The second-order valence-corrected chi connectivity index (χ2v) is 10.2. The van der Waals surface area contributed by atoms with Gasteiger partial charge in [-0.15, -0.1) is 0 Å². The number of esters is 1. The monoisotopic (exact) mass is 507 g/mol. The van der Waals surface area contributed by atoms with Gasteiger partial charge in [0.15, 0.2) is 0 Å². The number of furan rings is 1. The Kier molecular flexibility index (Phi) is 8.00. The van der Waals surface area contributed by atoms with Gasteiger partial charge in [-0.05, 0) is 64.4 Å². The van der Waals surface area contributed by atoms with Gasteiger partial charge >= 0.3 is 12.1 Å². The van der Waals surface area contributed by atoms with Gasteiger partial charge in [-0.3, -0.25) is 9.78 Å². The van der Waals surface area contributed by atoms with E-state index < -0.39 is 48.3 Å². The molecular weight excluding hydrogens is 475 g/mol. The van der Waals surface area contributed by atoms with Crippen LogP contribution in [-0.4, -0.2) is 41.9 Å². The van der Waals surface area contributed by atoms with E-state index in [1.54, 1.807) is 44.4 Å². The molecule has 2 heterocycles. The maximum absolute atomic E-state index is 13.7. The van der Waals surface area contributed by atoms with Crippen molar-refractivity contribution in [3.05, 3.63) is 48.8 Å². The van der Waals surface area contributed by atoms with Crippen LogP contribution in [0.15, 0.2) is 53.2 Å². The number of halogens is 3. The van der Waals surface area contributed by atoms with Crippen molar-refractivity contribution >= 4 is 16.9 Å². The summed E-state index contributed by atoms with van der Waals surface area (Å²) in [5.41, 5.74) is 11.4. The molecule has 196 valence electrons. The number of carbonyl (C=O) groups is 1. The summed E-state index contributed by atoms with van der Waals surface area (Å²) in [5, 5.41) is 0.765. The van der Waals surface area contributed by atoms with Crippen LogP contribution in [0.25, 0.3) is 22.3 Å². The standard InChI is InChI=1S/C26H32F3N3O4/c1-24(2,31)12-22(30)25(3,4)23(33)35-15-18(26(27,28)29)14-34-19-8-7-16-10-20(36-21(16)11-19)17-6-5-9-32-13-17/h5-11,13,18,22H,12,14-15,30-31H2,1-4H3. The zero-order valence-corrected chi connectivity index (χ0v) is 20.8. The van der Waals surface area contributed by atoms with E-state index in [9.17, 15) is 18.0 Å². The third kappa shape index (κ3) is 6.98. The molecule has 2 aromatic heterocycles. The second-order valence-electron chi connectivity index (χ2n) is 10.2. The molecule has 2 atom stereocenters. The second kappa shape index (κ2) is 10.5. The Hall–Kier alpha value is -3.11. The summed E-state index contributed by atoms with van der Waals surface area (Å²) in [7, 11) is 0. The number of carbonyl (C=O) groups excluding carboxylic acids is 1. The van der Waals surface area contributed by atoms with Gasteiger partial charge in [0.2, 0.25) is 0 Å². The van der Waals surface area contributed by atoms with E-state index in [2.05, 4.69) is 4.98 Å². The maximum Gasteiger partial charge on any atom is 0.398 e. The third-order valence-electron chi connectivity index (χ3n) is 5.97. The van der Waals surface area contributed by atoms with Gasteiger partial charge in [0, 0.05) is 41.0 Å². The highest BCUT2D eigenvalue weighted by molar-refractivity contribution is 5.83. The highest BCUT2D eigenvalue weighted by Crippen LogP contribution is 2.32. The number of hydrogen-bond donors (Lipinski definition) is 2. The van der Waals surface area contributed by atoms with Crippen LogP contribution in [0.4, 0.5) is 13.2 Å². The van der Waals surface area contributed by atoms with Crippen molar-refractivity contribution in [1.29, 1.82) is 0 Å². The molecule has 0 radical (unpaired) electrons. The number of nitrogens with two attached hydrogens (primary N) is 2. The van der Waals surface area contributed by atoms with E-state index in [0.29, 0.717) is 17.8 Å². The first kappa shape index (κ1) is 27.5. The fraction of sp³-hybridized carbons (Fsp3) is 0.462. The molecule has 0 aliphatic heterocycles. The number of fused-ring (bicyclic) bond motifs is 1. The lowest BCUT2D eigenvalue weighted by Gasteiger charge is -2.34. The molecule has 0 bridgehead atoms. The van der Waals surface area contributed by atoms with Gasteiger partial charge in [0.25, 0.3) is 0 Å². The number of rotatable bonds is 10. The summed E-state index contributed by atoms with van der Waals surface area (Å²) >= 11 is 0. The number of ether oxygens (including phenoxy) is 2. The predicted octanol–water partition coefficient (Wildman–Crippen LogP) is 5.08. The maximum atomic E-state index is 13.7. The molecule has 1 aromatic carbocycles. The summed E-state index contributed by atoms with van der Waals surface area (Å²) in [5.74, 6) is -2.08. The molecule has 0 spiro atoms. The lowest BCUT2D eigenvalue weighted by atomic mass is 9.79. The molecule has 10 heteroatoms. The lowest BCUT2D eigenvalue weighted by molar-refractivity contribution is -0.199. The van der Waals surface area contributed by atoms with Crippen molar-refractivity contribution in [2.45, 2.75) is 51.9 Å². The van der Waals surface area contributed by atoms with E-state index in [1.165, 1.54) is 19.9 Å². The molecule has 36 heavy (non-hydrogen) atoms. The summed E-state index contributed by atoms with van der Waals surface area (Å²) in [6.07, 6.45) is -1.06. The van der Waals surface area contributed by atoms with Crippen molar-refractivity contribution in [2.75, 3.05) is 13.2 Å². The number of alkyl halides is 3. The van der Waals surface area contributed by atoms with Crippen molar-refractivity contribution in [2.24, 2.45) is 22.8 Å². The number of pyridine rings is 1. The smallest absolute Gasteiger partial charge is 0.398 e. The van der Waals surface area contributed by atoms with E-state index in [-0.39, 0.29) is 5.75 Å². The molecule has 2 unspecified atom stereocenters. The Morgan fingerprint density at radius 3 is 2.44 bits per heavy atom. The molecule has 0 fully saturated rings. The van der Waals surface area contributed by atoms with E-state index >= 15 is 0 Å². The average molecular weight is 508 g/mol. The average Bonchev–Trinajstić information content (AvgIpc) is 3.21. The number of benzene rings is 1. The van der Waals surface area contributed by atoms with E-state index in [0.717, 1.165) is 10.9 Å². The van der Waals surface area contributed by atoms with E-state index in [1.807, 2.05) is 12.1 Å². The molecule has 7 nitrogen and oxygen atoms in total. The minimum absolute atomic E-state index is 0.197. The number of aromatic nitrogens is 1. The summed E-state index contributed by atoms with van der Waals surface area (Å²) in [6, 6.07) is 9.50. The quantitative estimate of drug-likeness (QED) is 0.368. The minimum atomic E-state index is -4.64. The van der Waals surface area contributed by atoms with Crippen molar-refractivity contribution < 1.29 is 31.9 Å². The largest absolute Gasteiger partial charge is 0.493 e. The Morgan fingerprint density at radius 2 is 1.83 bits per heavy atom. The molecule has 0 amide bonds. The minimum Gasteiger partial charge on any atom is -0.493 e. The zero-order valence-electron chi connectivity index (χ0n) is 20.8. The SMILES string of the molecule is CC(C)(N)CC(N)C(C)(C)C(=O)OCC(COc1ccc2cc(-c3cccnc3)oc2c1)C(F)(F)F. The van der Waals surface area contributed by atoms with Crippen LogP contribution >= 0.6 is 0 Å². The Bertz CT molecular complexity index is 1170. The highest BCUT2D eigenvalue weighted by Gasteiger charge is 2.43. The summed E-state index contributed by atoms with van der Waals surface area (Å²) < 4.78 is 57.3. The first-order valence-electron chi connectivity index (χ1n) is 11.5. The Labute approximate surface area is 207 Å². The molecule has 3 aromatic rings. The number of hydrogen-bond acceptors (Lipinski definition) is 7. The first-order chi connectivity index (χ1) is 16.7. The normalized spacial score (nSPS) is 14.5. The molecule has 4 N–H and O–H groups in total. The molecule has 0 aliphatic carbocycles. The van der Waals surface area contributed by atoms with Crippen LogP contribution in [0.3, 0.4) is 0 Å². The fourth-order valence-electron chi connectivity index (χ4n) is 3.52.